The molecule has 6 heteroatoms. The molecule has 0 radical (unpaired) electrons. The first-order chi connectivity index (χ1) is 15.6. The van der Waals surface area contributed by atoms with Crippen molar-refractivity contribution in [1.82, 2.24) is 14.5 Å². The molecule has 32 heavy (non-hydrogen) atoms. The third kappa shape index (κ3) is 2.87. The molecule has 0 aliphatic heterocycles. The number of hydrogen-bond donors (Lipinski definition) is 0. The summed E-state index contributed by atoms with van der Waals surface area (Å²) in [6, 6.07) is 16.0. The average Bonchev–Trinajstić information content (AvgIpc) is 3.43. The summed E-state index contributed by atoms with van der Waals surface area (Å²) >= 11 is 1.45. The lowest BCUT2D eigenvalue weighted by Crippen LogP contribution is -2.17. The predicted molar refractivity (Wildman–Crippen MR) is 129 cm³/mol. The Kier molecular flexibility index (Phi) is 4.36. The van der Waals surface area contributed by atoms with Crippen LogP contribution in [-0.4, -0.2) is 21.6 Å². The summed E-state index contributed by atoms with van der Waals surface area (Å²) in [7, 11) is 1.67. The molecule has 0 unspecified atom stereocenters. The normalized spacial score (nSPS) is 13.1. The lowest BCUT2D eigenvalue weighted by Gasteiger charge is -2.11. The molecule has 0 N–H and O–H groups in total. The summed E-state index contributed by atoms with van der Waals surface area (Å²) in [5.74, 6) is 0.824. The number of hydrogen-bond acceptors (Lipinski definition) is 5. The highest BCUT2D eigenvalue weighted by molar-refractivity contribution is 7.25. The van der Waals surface area contributed by atoms with Gasteiger partial charge in [0.15, 0.2) is 0 Å². The molecular weight excluding hydrogens is 418 g/mol. The van der Waals surface area contributed by atoms with Gasteiger partial charge in [0.1, 0.15) is 21.6 Å². The van der Waals surface area contributed by atoms with E-state index in [-0.39, 0.29) is 5.56 Å². The Balaban J connectivity index is 1.65. The highest BCUT2D eigenvalue weighted by atomic mass is 32.1. The van der Waals surface area contributed by atoms with Gasteiger partial charge in [-0.15, -0.1) is 11.3 Å². The Hall–Kier alpha value is -3.51. The summed E-state index contributed by atoms with van der Waals surface area (Å²) in [5, 5.41) is 0.990. The second kappa shape index (κ2) is 7.28. The van der Waals surface area contributed by atoms with E-state index in [0.29, 0.717) is 4.70 Å². The third-order valence-electron chi connectivity index (χ3n) is 6.25. The van der Waals surface area contributed by atoms with Crippen LogP contribution in [-0.2, 0) is 12.8 Å². The number of thiophene rings is 1. The van der Waals surface area contributed by atoms with Crippen molar-refractivity contribution in [3.8, 4) is 22.6 Å². The number of ether oxygens (including phenoxy) is 1. The summed E-state index contributed by atoms with van der Waals surface area (Å²) < 4.78 is 7.62. The van der Waals surface area contributed by atoms with E-state index >= 15 is 0 Å². The molecule has 0 saturated carbocycles. The molecule has 0 spiro atoms. The highest BCUT2D eigenvalue weighted by Gasteiger charge is 2.25. The van der Waals surface area contributed by atoms with Crippen molar-refractivity contribution in [3.63, 3.8) is 0 Å². The quantitative estimate of drug-likeness (QED) is 0.374. The molecule has 3 heterocycles. The predicted octanol–water partition coefficient (Wildman–Crippen LogP) is 5.47. The molecule has 0 atom stereocenters. The number of aryl methyl sites for hydroxylation is 2. The molecule has 0 bridgehead atoms. The molecule has 5 nitrogen and oxygen atoms in total. The largest absolute Gasteiger partial charge is 0.497 e. The number of benzene rings is 2. The maximum absolute atomic E-state index is 13.5. The minimum Gasteiger partial charge on any atom is -0.497 e. The molecule has 1 aliphatic carbocycles. The minimum absolute atomic E-state index is 0.0531. The lowest BCUT2D eigenvalue weighted by molar-refractivity contribution is 0.415. The third-order valence-corrected chi connectivity index (χ3v) is 7.31. The first kappa shape index (κ1) is 19.2. The van der Waals surface area contributed by atoms with Gasteiger partial charge >= 0.3 is 0 Å². The van der Waals surface area contributed by atoms with Crippen LogP contribution in [0.15, 0.2) is 59.7 Å². The van der Waals surface area contributed by atoms with Crippen LogP contribution >= 0.6 is 11.3 Å². The zero-order valence-corrected chi connectivity index (χ0v) is 18.7. The smallest absolute Gasteiger partial charge is 0.275 e. The van der Waals surface area contributed by atoms with Crippen LogP contribution in [0.25, 0.3) is 37.2 Å². The van der Waals surface area contributed by atoms with Crippen molar-refractivity contribution >= 4 is 31.8 Å². The Labute approximate surface area is 189 Å². The average molecular weight is 440 g/mol. The Morgan fingerprint density at radius 2 is 1.81 bits per heavy atom. The van der Waals surface area contributed by atoms with Gasteiger partial charge in [-0.1, -0.05) is 29.8 Å². The molecule has 0 amide bonds. The van der Waals surface area contributed by atoms with E-state index in [0.717, 1.165) is 68.8 Å². The van der Waals surface area contributed by atoms with Crippen LogP contribution in [0.4, 0.5) is 0 Å². The van der Waals surface area contributed by atoms with Gasteiger partial charge in [-0.25, -0.2) is 9.97 Å². The molecule has 6 rings (SSSR count). The van der Waals surface area contributed by atoms with Crippen molar-refractivity contribution in [3.05, 3.63) is 82.0 Å². The summed E-state index contributed by atoms with van der Waals surface area (Å²) in [4.78, 5) is 24.1. The first-order valence-corrected chi connectivity index (χ1v) is 11.5. The molecule has 158 valence electrons. The van der Waals surface area contributed by atoms with Gasteiger partial charge in [0, 0.05) is 11.1 Å². The van der Waals surface area contributed by atoms with Crippen LogP contribution in [0.3, 0.4) is 0 Å². The zero-order valence-electron chi connectivity index (χ0n) is 17.9. The molecule has 3 aromatic heterocycles. The van der Waals surface area contributed by atoms with Crippen molar-refractivity contribution < 1.29 is 4.74 Å². The van der Waals surface area contributed by atoms with Crippen molar-refractivity contribution in [2.24, 2.45) is 0 Å². The number of methoxy groups -OCH3 is 1. The van der Waals surface area contributed by atoms with Gasteiger partial charge in [0.2, 0.25) is 0 Å². The monoisotopic (exact) mass is 439 g/mol. The van der Waals surface area contributed by atoms with Crippen molar-refractivity contribution in [2.45, 2.75) is 26.2 Å². The molecule has 1 aliphatic rings. The van der Waals surface area contributed by atoms with Crippen LogP contribution in [0.1, 0.15) is 23.2 Å². The van der Waals surface area contributed by atoms with E-state index < -0.39 is 0 Å². The minimum atomic E-state index is -0.0531. The SMILES string of the molecule is COc1ccc(-c2c3c(nc4sc5c(=O)n(-c6ccc(C)cc6)cnc5c24)CCC3)cc1. The van der Waals surface area contributed by atoms with E-state index in [2.05, 4.69) is 12.1 Å². The Morgan fingerprint density at radius 1 is 1.03 bits per heavy atom. The van der Waals surface area contributed by atoms with E-state index in [9.17, 15) is 4.79 Å². The van der Waals surface area contributed by atoms with Gasteiger partial charge in [-0.2, -0.15) is 0 Å². The van der Waals surface area contributed by atoms with Crippen LogP contribution in [0.2, 0.25) is 0 Å². The summed E-state index contributed by atoms with van der Waals surface area (Å²) in [6.45, 7) is 2.03. The van der Waals surface area contributed by atoms with E-state index in [1.54, 1.807) is 18.0 Å². The van der Waals surface area contributed by atoms with Gasteiger partial charge in [0.05, 0.1) is 18.3 Å². The summed E-state index contributed by atoms with van der Waals surface area (Å²) in [6.07, 6.45) is 4.72. The molecule has 2 aromatic carbocycles. The standard InChI is InChI=1S/C26H21N3O2S/c1-15-6-10-17(11-7-15)29-14-27-23-22-21(16-8-12-18(31-2)13-9-16)19-4-3-5-20(19)28-25(22)32-24(23)26(29)30/h6-14H,3-5H2,1-2H3. The van der Waals surface area contributed by atoms with E-state index in [1.165, 1.54) is 16.9 Å². The van der Waals surface area contributed by atoms with Gasteiger partial charge in [0.25, 0.3) is 5.56 Å². The molecule has 0 fully saturated rings. The topological polar surface area (TPSA) is 57.0 Å². The molecular formula is C26H21N3O2S. The lowest BCUT2D eigenvalue weighted by atomic mass is 9.96. The van der Waals surface area contributed by atoms with Gasteiger partial charge in [-0.05, 0) is 67.1 Å². The Bertz CT molecular complexity index is 1550. The summed E-state index contributed by atoms with van der Waals surface area (Å²) in [5.41, 5.74) is 7.37. The second-order valence-electron chi connectivity index (χ2n) is 8.21. The van der Waals surface area contributed by atoms with Gasteiger partial charge in [-0.3, -0.25) is 9.36 Å². The fourth-order valence-corrected chi connectivity index (χ4v) is 5.71. The maximum Gasteiger partial charge on any atom is 0.275 e. The van der Waals surface area contributed by atoms with Crippen LogP contribution < -0.4 is 10.3 Å². The van der Waals surface area contributed by atoms with Crippen molar-refractivity contribution in [1.29, 1.82) is 0 Å². The van der Waals surface area contributed by atoms with Crippen LogP contribution in [0, 0.1) is 6.92 Å². The number of pyridine rings is 1. The highest BCUT2D eigenvalue weighted by Crippen LogP contribution is 2.42. The number of nitrogens with zero attached hydrogens (tertiary/aromatic N) is 3. The van der Waals surface area contributed by atoms with Crippen molar-refractivity contribution in [2.75, 3.05) is 7.11 Å². The number of fused-ring (bicyclic) bond motifs is 4. The molecule has 0 saturated heterocycles. The number of rotatable bonds is 3. The van der Waals surface area contributed by atoms with E-state index in [1.807, 2.05) is 43.3 Å². The fourth-order valence-electron chi connectivity index (χ4n) is 4.62. The number of aromatic nitrogens is 3. The Morgan fingerprint density at radius 3 is 2.56 bits per heavy atom. The zero-order chi connectivity index (χ0) is 21.8. The first-order valence-electron chi connectivity index (χ1n) is 10.7. The maximum atomic E-state index is 13.5. The van der Waals surface area contributed by atoms with Gasteiger partial charge < -0.3 is 4.74 Å². The fraction of sp³-hybridized carbons (Fsp3) is 0.192. The second-order valence-corrected chi connectivity index (χ2v) is 9.21. The van der Waals surface area contributed by atoms with Crippen LogP contribution in [0.5, 0.6) is 5.75 Å². The van der Waals surface area contributed by atoms with E-state index in [4.69, 9.17) is 14.7 Å². The molecule has 5 aromatic rings.